The van der Waals surface area contributed by atoms with Crippen LogP contribution in [0.5, 0.6) is 0 Å². The summed E-state index contributed by atoms with van der Waals surface area (Å²) in [6.07, 6.45) is 5.92. The highest BCUT2D eigenvalue weighted by atomic mass is 32.2. The van der Waals surface area contributed by atoms with Crippen LogP contribution in [-0.4, -0.2) is 32.9 Å². The number of H-pyrrole nitrogens is 1. The van der Waals surface area contributed by atoms with E-state index < -0.39 is 0 Å². The quantitative estimate of drug-likeness (QED) is 0.786. The standard InChI is InChI=1S/C13H22N4OS/c1-3-8-14-12(18)9(2)19-13-15-11(16-17-13)10-6-4-5-7-10/h9-10H,3-8H2,1-2H3,(H,14,18)(H,15,16,17). The number of carbonyl (C=O) groups is 1. The molecule has 0 saturated heterocycles. The summed E-state index contributed by atoms with van der Waals surface area (Å²) in [5.74, 6) is 1.58. The predicted octanol–water partition coefficient (Wildman–Crippen LogP) is 2.47. The van der Waals surface area contributed by atoms with Crippen molar-refractivity contribution < 1.29 is 4.79 Å². The summed E-state index contributed by atoms with van der Waals surface area (Å²) in [5, 5.41) is 10.6. The van der Waals surface area contributed by atoms with Gasteiger partial charge in [0.25, 0.3) is 0 Å². The molecule has 0 aromatic carbocycles. The van der Waals surface area contributed by atoms with Crippen molar-refractivity contribution in [3.63, 3.8) is 0 Å². The smallest absolute Gasteiger partial charge is 0.233 e. The van der Waals surface area contributed by atoms with E-state index in [1.807, 2.05) is 13.8 Å². The van der Waals surface area contributed by atoms with Gasteiger partial charge in [0.15, 0.2) is 0 Å². The average molecular weight is 282 g/mol. The molecule has 1 aromatic heterocycles. The van der Waals surface area contributed by atoms with Gasteiger partial charge in [-0.25, -0.2) is 4.98 Å². The summed E-state index contributed by atoms with van der Waals surface area (Å²) in [6, 6.07) is 0. The van der Waals surface area contributed by atoms with Crippen LogP contribution < -0.4 is 5.32 Å². The second kappa shape index (κ2) is 6.93. The number of nitrogens with one attached hydrogen (secondary N) is 2. The molecule has 1 atom stereocenters. The van der Waals surface area contributed by atoms with Gasteiger partial charge in [0, 0.05) is 12.5 Å². The monoisotopic (exact) mass is 282 g/mol. The van der Waals surface area contributed by atoms with Crippen LogP contribution in [-0.2, 0) is 4.79 Å². The van der Waals surface area contributed by atoms with Gasteiger partial charge < -0.3 is 5.32 Å². The highest BCUT2D eigenvalue weighted by Gasteiger charge is 2.22. The summed E-state index contributed by atoms with van der Waals surface area (Å²) in [7, 11) is 0. The third-order valence-corrected chi connectivity index (χ3v) is 4.39. The van der Waals surface area contributed by atoms with Gasteiger partial charge in [-0.3, -0.25) is 9.89 Å². The van der Waals surface area contributed by atoms with Gasteiger partial charge in [-0.05, 0) is 26.2 Å². The molecule has 0 radical (unpaired) electrons. The van der Waals surface area contributed by atoms with E-state index in [0.29, 0.717) is 11.1 Å². The minimum absolute atomic E-state index is 0.0547. The van der Waals surface area contributed by atoms with Gasteiger partial charge >= 0.3 is 0 Å². The van der Waals surface area contributed by atoms with Gasteiger partial charge in [-0.15, -0.1) is 5.10 Å². The molecule has 1 unspecified atom stereocenters. The largest absolute Gasteiger partial charge is 0.355 e. The minimum atomic E-state index is -0.154. The molecule has 106 valence electrons. The lowest BCUT2D eigenvalue weighted by atomic mass is 10.1. The average Bonchev–Trinajstić information content (AvgIpc) is 3.05. The molecule has 1 saturated carbocycles. The lowest BCUT2D eigenvalue weighted by Crippen LogP contribution is -2.31. The van der Waals surface area contributed by atoms with Crippen LogP contribution in [0.3, 0.4) is 0 Å². The topological polar surface area (TPSA) is 70.7 Å². The molecule has 2 rings (SSSR count). The number of aromatic nitrogens is 3. The Bertz CT molecular complexity index is 415. The summed E-state index contributed by atoms with van der Waals surface area (Å²) >= 11 is 1.42. The van der Waals surface area contributed by atoms with Crippen molar-refractivity contribution in [2.24, 2.45) is 0 Å². The van der Waals surface area contributed by atoms with E-state index in [1.165, 1.54) is 37.4 Å². The Kier molecular flexibility index (Phi) is 5.24. The molecule has 1 amide bonds. The van der Waals surface area contributed by atoms with E-state index in [2.05, 4.69) is 20.5 Å². The lowest BCUT2D eigenvalue weighted by Gasteiger charge is -2.08. The molecular weight excluding hydrogens is 260 g/mol. The van der Waals surface area contributed by atoms with Crippen molar-refractivity contribution in [2.75, 3.05) is 6.54 Å². The fraction of sp³-hybridized carbons (Fsp3) is 0.769. The second-order valence-electron chi connectivity index (χ2n) is 5.04. The lowest BCUT2D eigenvalue weighted by molar-refractivity contribution is -0.120. The van der Waals surface area contributed by atoms with Gasteiger partial charge in [0.05, 0.1) is 5.25 Å². The van der Waals surface area contributed by atoms with Crippen LogP contribution in [0.2, 0.25) is 0 Å². The highest BCUT2D eigenvalue weighted by Crippen LogP contribution is 2.32. The van der Waals surface area contributed by atoms with E-state index in [1.54, 1.807) is 0 Å². The molecule has 1 aliphatic rings. The summed E-state index contributed by atoms with van der Waals surface area (Å²) in [5.41, 5.74) is 0. The number of hydrogen-bond acceptors (Lipinski definition) is 4. The molecule has 2 N–H and O–H groups in total. The summed E-state index contributed by atoms with van der Waals surface area (Å²) in [4.78, 5) is 16.3. The molecule has 6 heteroatoms. The zero-order valence-corrected chi connectivity index (χ0v) is 12.4. The second-order valence-corrected chi connectivity index (χ2v) is 6.34. The Morgan fingerprint density at radius 1 is 1.53 bits per heavy atom. The van der Waals surface area contributed by atoms with Gasteiger partial charge in [-0.2, -0.15) is 0 Å². The fourth-order valence-electron chi connectivity index (χ4n) is 2.30. The Balaban J connectivity index is 1.86. The number of nitrogens with zero attached hydrogens (tertiary/aromatic N) is 2. The summed E-state index contributed by atoms with van der Waals surface area (Å²) in [6.45, 7) is 4.66. The van der Waals surface area contributed by atoms with Crippen molar-refractivity contribution in [2.45, 2.75) is 62.3 Å². The van der Waals surface area contributed by atoms with Crippen LogP contribution in [0.15, 0.2) is 5.16 Å². The minimum Gasteiger partial charge on any atom is -0.355 e. The number of carbonyl (C=O) groups excluding carboxylic acids is 1. The molecule has 5 nitrogen and oxygen atoms in total. The SMILES string of the molecule is CCCNC(=O)C(C)Sc1n[nH]c(C2CCCC2)n1. The molecule has 19 heavy (non-hydrogen) atoms. The van der Waals surface area contributed by atoms with E-state index in [-0.39, 0.29) is 11.2 Å². The first kappa shape index (κ1) is 14.4. The van der Waals surface area contributed by atoms with Crippen molar-refractivity contribution in [3.05, 3.63) is 5.82 Å². The van der Waals surface area contributed by atoms with Crippen LogP contribution in [0.1, 0.15) is 57.7 Å². The first-order valence-corrected chi connectivity index (χ1v) is 7.95. The molecule has 1 aromatic rings. The molecule has 0 spiro atoms. The molecular formula is C13H22N4OS. The first-order valence-electron chi connectivity index (χ1n) is 7.07. The van der Waals surface area contributed by atoms with Crippen molar-refractivity contribution >= 4 is 17.7 Å². The summed E-state index contributed by atoms with van der Waals surface area (Å²) < 4.78 is 0. The van der Waals surface area contributed by atoms with Crippen molar-refractivity contribution in [1.29, 1.82) is 0 Å². The number of thioether (sulfide) groups is 1. The van der Waals surface area contributed by atoms with Gasteiger partial charge in [0.2, 0.25) is 11.1 Å². The Morgan fingerprint density at radius 2 is 2.26 bits per heavy atom. The van der Waals surface area contributed by atoms with Crippen LogP contribution in [0, 0.1) is 0 Å². The van der Waals surface area contributed by atoms with Gasteiger partial charge in [0.1, 0.15) is 5.82 Å². The normalized spacial score (nSPS) is 17.6. The maximum absolute atomic E-state index is 11.8. The first-order chi connectivity index (χ1) is 9.20. The molecule has 0 aliphatic heterocycles. The van der Waals surface area contributed by atoms with Crippen molar-refractivity contribution in [3.8, 4) is 0 Å². The van der Waals surface area contributed by atoms with Crippen molar-refractivity contribution in [1.82, 2.24) is 20.5 Å². The third kappa shape index (κ3) is 3.96. The maximum atomic E-state index is 11.8. The van der Waals surface area contributed by atoms with E-state index in [0.717, 1.165) is 18.8 Å². The van der Waals surface area contributed by atoms with E-state index in [4.69, 9.17) is 0 Å². The highest BCUT2D eigenvalue weighted by molar-refractivity contribution is 8.00. The number of rotatable bonds is 6. The Hall–Kier alpha value is -1.04. The maximum Gasteiger partial charge on any atom is 0.233 e. The van der Waals surface area contributed by atoms with Gasteiger partial charge in [-0.1, -0.05) is 31.5 Å². The zero-order valence-electron chi connectivity index (χ0n) is 11.6. The molecule has 1 aliphatic carbocycles. The fourth-order valence-corrected chi connectivity index (χ4v) is 3.05. The Morgan fingerprint density at radius 3 is 2.95 bits per heavy atom. The Labute approximate surface area is 118 Å². The van der Waals surface area contributed by atoms with Crippen LogP contribution >= 0.6 is 11.8 Å². The molecule has 0 bridgehead atoms. The third-order valence-electron chi connectivity index (χ3n) is 3.42. The zero-order chi connectivity index (χ0) is 13.7. The molecule has 1 fully saturated rings. The number of amides is 1. The van der Waals surface area contributed by atoms with E-state index in [9.17, 15) is 4.79 Å². The van der Waals surface area contributed by atoms with E-state index >= 15 is 0 Å². The number of hydrogen-bond donors (Lipinski definition) is 2. The molecule has 1 heterocycles. The number of aromatic amines is 1. The van der Waals surface area contributed by atoms with Crippen LogP contribution in [0.4, 0.5) is 0 Å². The predicted molar refractivity (Wildman–Crippen MR) is 76.2 cm³/mol. The van der Waals surface area contributed by atoms with Crippen LogP contribution in [0.25, 0.3) is 0 Å².